The molecule has 1 N–H and O–H groups in total. The van der Waals surface area contributed by atoms with Gasteiger partial charge in [0.05, 0.1) is 6.61 Å². The monoisotopic (exact) mass is 249 g/mol. The average Bonchev–Trinajstić information content (AvgIpc) is 2.32. The van der Waals surface area contributed by atoms with Gasteiger partial charge in [0.2, 0.25) is 0 Å². The van der Waals surface area contributed by atoms with E-state index in [0.717, 1.165) is 25.3 Å². The molecule has 0 atom stereocenters. The Morgan fingerprint density at radius 1 is 1.06 bits per heavy atom. The minimum Gasteiger partial charge on any atom is -0.493 e. The third kappa shape index (κ3) is 4.69. The van der Waals surface area contributed by atoms with Gasteiger partial charge in [-0.2, -0.15) is 0 Å². The summed E-state index contributed by atoms with van der Waals surface area (Å²) < 4.78 is 5.93. The highest BCUT2D eigenvalue weighted by atomic mass is 16.5. The Bertz CT molecular complexity index is 337. The van der Waals surface area contributed by atoms with Crippen LogP contribution < -0.4 is 10.1 Å². The highest BCUT2D eigenvalue weighted by Crippen LogP contribution is 2.25. The zero-order valence-corrected chi connectivity index (χ0v) is 12.3. The number of hydrogen-bond donors (Lipinski definition) is 1. The van der Waals surface area contributed by atoms with Gasteiger partial charge in [0.25, 0.3) is 0 Å². The van der Waals surface area contributed by atoms with Gasteiger partial charge in [-0.1, -0.05) is 38.3 Å². The van der Waals surface area contributed by atoms with E-state index in [9.17, 15) is 0 Å². The van der Waals surface area contributed by atoms with E-state index in [2.05, 4.69) is 38.2 Å². The Hall–Kier alpha value is -1.02. The van der Waals surface area contributed by atoms with E-state index >= 15 is 0 Å². The third-order valence-corrected chi connectivity index (χ3v) is 3.15. The van der Waals surface area contributed by atoms with Crippen molar-refractivity contribution in [1.29, 1.82) is 0 Å². The number of unbranched alkanes of at least 4 members (excludes halogenated alkanes) is 3. The molecular weight excluding hydrogens is 222 g/mol. The second-order valence-electron chi connectivity index (χ2n) is 5.00. The van der Waals surface area contributed by atoms with Crippen LogP contribution in [-0.4, -0.2) is 13.7 Å². The number of aryl methyl sites for hydroxylation is 2. The van der Waals surface area contributed by atoms with Crippen LogP contribution in [0.1, 0.15) is 49.3 Å². The van der Waals surface area contributed by atoms with E-state index < -0.39 is 0 Å². The summed E-state index contributed by atoms with van der Waals surface area (Å²) in [5.74, 6) is 1.08. The molecule has 0 aliphatic heterocycles. The standard InChI is InChI=1S/C16H27NO/c1-5-6-7-8-9-18-16-13(2)10-15(12-17-4)11-14(16)3/h10-11,17H,5-9,12H2,1-4H3. The van der Waals surface area contributed by atoms with Gasteiger partial charge in [-0.15, -0.1) is 0 Å². The lowest BCUT2D eigenvalue weighted by atomic mass is 10.1. The third-order valence-electron chi connectivity index (χ3n) is 3.15. The molecule has 0 heterocycles. The first-order valence-corrected chi connectivity index (χ1v) is 7.06. The fraction of sp³-hybridized carbons (Fsp3) is 0.625. The van der Waals surface area contributed by atoms with Crippen LogP contribution in [0.4, 0.5) is 0 Å². The van der Waals surface area contributed by atoms with Crippen molar-refractivity contribution in [1.82, 2.24) is 5.32 Å². The lowest BCUT2D eigenvalue weighted by Gasteiger charge is -2.14. The summed E-state index contributed by atoms with van der Waals surface area (Å²) >= 11 is 0. The van der Waals surface area contributed by atoms with Crippen molar-refractivity contribution in [2.75, 3.05) is 13.7 Å². The first kappa shape index (κ1) is 15.0. The first-order valence-electron chi connectivity index (χ1n) is 7.06. The summed E-state index contributed by atoms with van der Waals surface area (Å²) in [6.07, 6.45) is 5.01. The molecule has 0 aliphatic carbocycles. The van der Waals surface area contributed by atoms with Crippen LogP contribution in [0.3, 0.4) is 0 Å². The van der Waals surface area contributed by atoms with Crippen LogP contribution >= 0.6 is 0 Å². The molecule has 2 heteroatoms. The molecular formula is C16H27NO. The van der Waals surface area contributed by atoms with Gasteiger partial charge in [-0.3, -0.25) is 0 Å². The van der Waals surface area contributed by atoms with E-state index in [1.165, 1.54) is 36.0 Å². The van der Waals surface area contributed by atoms with Gasteiger partial charge < -0.3 is 10.1 Å². The largest absolute Gasteiger partial charge is 0.493 e. The normalized spacial score (nSPS) is 10.7. The molecule has 0 radical (unpaired) electrons. The van der Waals surface area contributed by atoms with Crippen molar-refractivity contribution >= 4 is 0 Å². The van der Waals surface area contributed by atoms with Crippen LogP contribution in [0.2, 0.25) is 0 Å². The van der Waals surface area contributed by atoms with Gasteiger partial charge in [0, 0.05) is 6.54 Å². The van der Waals surface area contributed by atoms with Gasteiger partial charge in [-0.05, 0) is 44.0 Å². The molecule has 0 saturated carbocycles. The fourth-order valence-corrected chi connectivity index (χ4v) is 2.28. The van der Waals surface area contributed by atoms with Crippen molar-refractivity contribution in [3.8, 4) is 5.75 Å². The van der Waals surface area contributed by atoms with Gasteiger partial charge in [0.1, 0.15) is 5.75 Å². The molecule has 0 aromatic heterocycles. The molecule has 1 rings (SSSR count). The number of nitrogens with one attached hydrogen (secondary N) is 1. The predicted octanol–water partition coefficient (Wildman–Crippen LogP) is 3.98. The molecule has 0 saturated heterocycles. The second kappa shape index (κ2) is 8.15. The molecule has 2 nitrogen and oxygen atoms in total. The summed E-state index contributed by atoms with van der Waals surface area (Å²) in [5, 5.41) is 3.18. The molecule has 0 amide bonds. The Morgan fingerprint density at radius 2 is 1.72 bits per heavy atom. The fourth-order valence-electron chi connectivity index (χ4n) is 2.28. The maximum atomic E-state index is 5.93. The highest BCUT2D eigenvalue weighted by molar-refractivity contribution is 5.43. The molecule has 0 bridgehead atoms. The van der Waals surface area contributed by atoms with Crippen LogP contribution in [0.5, 0.6) is 5.75 Å². The summed E-state index contributed by atoms with van der Waals surface area (Å²) in [7, 11) is 1.98. The Kier molecular flexibility index (Phi) is 6.81. The minimum absolute atomic E-state index is 0.840. The van der Waals surface area contributed by atoms with Crippen LogP contribution in [0, 0.1) is 13.8 Å². The molecule has 102 valence electrons. The van der Waals surface area contributed by atoms with Gasteiger partial charge in [-0.25, -0.2) is 0 Å². The van der Waals surface area contributed by atoms with Crippen molar-refractivity contribution < 1.29 is 4.74 Å². The quantitative estimate of drug-likeness (QED) is 0.704. The topological polar surface area (TPSA) is 21.3 Å². The number of ether oxygens (including phenoxy) is 1. The Morgan fingerprint density at radius 3 is 2.28 bits per heavy atom. The summed E-state index contributed by atoms with van der Waals surface area (Å²) in [6.45, 7) is 8.25. The Labute approximate surface area is 112 Å². The number of hydrogen-bond acceptors (Lipinski definition) is 2. The zero-order valence-electron chi connectivity index (χ0n) is 12.3. The van der Waals surface area contributed by atoms with Crippen LogP contribution in [0.15, 0.2) is 12.1 Å². The lowest BCUT2D eigenvalue weighted by molar-refractivity contribution is 0.301. The summed E-state index contributed by atoms with van der Waals surface area (Å²) in [6, 6.07) is 4.43. The number of benzene rings is 1. The molecule has 0 fully saturated rings. The van der Waals surface area contributed by atoms with E-state index in [-0.39, 0.29) is 0 Å². The molecule has 0 spiro atoms. The van der Waals surface area contributed by atoms with Crippen LogP contribution in [0.25, 0.3) is 0 Å². The van der Waals surface area contributed by atoms with Crippen molar-refractivity contribution in [3.63, 3.8) is 0 Å². The van der Waals surface area contributed by atoms with E-state index in [1.807, 2.05) is 7.05 Å². The summed E-state index contributed by atoms with van der Waals surface area (Å²) in [4.78, 5) is 0. The first-order chi connectivity index (χ1) is 8.69. The van der Waals surface area contributed by atoms with Crippen molar-refractivity contribution in [3.05, 3.63) is 28.8 Å². The van der Waals surface area contributed by atoms with E-state index in [4.69, 9.17) is 4.74 Å². The minimum atomic E-state index is 0.840. The summed E-state index contributed by atoms with van der Waals surface area (Å²) in [5.41, 5.74) is 3.82. The van der Waals surface area contributed by atoms with E-state index in [1.54, 1.807) is 0 Å². The predicted molar refractivity (Wildman–Crippen MR) is 78.3 cm³/mol. The maximum Gasteiger partial charge on any atom is 0.125 e. The molecule has 1 aromatic carbocycles. The molecule has 0 unspecified atom stereocenters. The smallest absolute Gasteiger partial charge is 0.125 e. The zero-order chi connectivity index (χ0) is 13.4. The van der Waals surface area contributed by atoms with Crippen molar-refractivity contribution in [2.24, 2.45) is 0 Å². The van der Waals surface area contributed by atoms with Gasteiger partial charge >= 0.3 is 0 Å². The molecule has 18 heavy (non-hydrogen) atoms. The maximum absolute atomic E-state index is 5.93. The van der Waals surface area contributed by atoms with Crippen molar-refractivity contribution in [2.45, 2.75) is 53.0 Å². The average molecular weight is 249 g/mol. The molecule has 1 aromatic rings. The SMILES string of the molecule is CCCCCCOc1c(C)cc(CNC)cc1C. The second-order valence-corrected chi connectivity index (χ2v) is 5.00. The van der Waals surface area contributed by atoms with Crippen LogP contribution in [-0.2, 0) is 6.54 Å². The van der Waals surface area contributed by atoms with Gasteiger partial charge in [0.15, 0.2) is 0 Å². The van der Waals surface area contributed by atoms with E-state index in [0.29, 0.717) is 0 Å². The highest BCUT2D eigenvalue weighted by Gasteiger charge is 2.06. The lowest BCUT2D eigenvalue weighted by Crippen LogP contribution is -2.07. The Balaban J connectivity index is 2.54. The molecule has 0 aliphatic rings. The number of rotatable bonds is 8.